The molecule has 1 aromatic carbocycles. The standard InChI is InChI=1S/C13H16N2O6/c1-8-6-9(4-5-10(8)15(19)20)11(16)14-13(2,7-21-3)12(17)18/h4-6H,7H2,1-3H3,(H,14,16)(H,17,18). The minimum atomic E-state index is -1.58. The van der Waals surface area contributed by atoms with Gasteiger partial charge in [-0.05, 0) is 26.0 Å². The number of carboxylic acid groups (broad SMARTS) is 1. The number of nitro groups is 1. The Balaban J connectivity index is 3.01. The highest BCUT2D eigenvalue weighted by Crippen LogP contribution is 2.19. The Morgan fingerprint density at radius 3 is 2.52 bits per heavy atom. The number of ether oxygens (including phenoxy) is 1. The van der Waals surface area contributed by atoms with Gasteiger partial charge in [0.05, 0.1) is 11.5 Å². The summed E-state index contributed by atoms with van der Waals surface area (Å²) in [6.45, 7) is 2.61. The summed E-state index contributed by atoms with van der Waals surface area (Å²) >= 11 is 0. The van der Waals surface area contributed by atoms with Gasteiger partial charge in [0.1, 0.15) is 0 Å². The van der Waals surface area contributed by atoms with Crippen molar-refractivity contribution >= 4 is 17.6 Å². The van der Waals surface area contributed by atoms with Crippen molar-refractivity contribution in [2.24, 2.45) is 0 Å². The maximum Gasteiger partial charge on any atom is 0.331 e. The van der Waals surface area contributed by atoms with Gasteiger partial charge in [-0.1, -0.05) is 0 Å². The van der Waals surface area contributed by atoms with E-state index < -0.39 is 22.3 Å². The van der Waals surface area contributed by atoms with E-state index in [1.807, 2.05) is 0 Å². The van der Waals surface area contributed by atoms with Gasteiger partial charge < -0.3 is 15.2 Å². The number of methoxy groups -OCH3 is 1. The minimum Gasteiger partial charge on any atom is -0.479 e. The highest BCUT2D eigenvalue weighted by molar-refractivity contribution is 5.98. The summed E-state index contributed by atoms with van der Waals surface area (Å²) in [6, 6.07) is 3.82. The fraction of sp³-hybridized carbons (Fsp3) is 0.385. The fourth-order valence-corrected chi connectivity index (χ4v) is 1.76. The van der Waals surface area contributed by atoms with E-state index in [0.29, 0.717) is 5.56 Å². The van der Waals surface area contributed by atoms with Crippen molar-refractivity contribution in [3.05, 3.63) is 39.4 Å². The lowest BCUT2D eigenvalue weighted by Crippen LogP contribution is -2.55. The third-order valence-electron chi connectivity index (χ3n) is 2.95. The van der Waals surface area contributed by atoms with Gasteiger partial charge in [-0.15, -0.1) is 0 Å². The highest BCUT2D eigenvalue weighted by atomic mass is 16.6. The van der Waals surface area contributed by atoms with Crippen molar-refractivity contribution in [3.63, 3.8) is 0 Å². The Labute approximate surface area is 120 Å². The Morgan fingerprint density at radius 2 is 2.10 bits per heavy atom. The van der Waals surface area contributed by atoms with Crippen LogP contribution in [0.25, 0.3) is 0 Å². The molecule has 0 aliphatic heterocycles. The average molecular weight is 296 g/mol. The lowest BCUT2D eigenvalue weighted by Gasteiger charge is -2.25. The number of hydrogen-bond donors (Lipinski definition) is 2. The largest absolute Gasteiger partial charge is 0.479 e. The van der Waals surface area contributed by atoms with Crippen LogP contribution in [0.4, 0.5) is 5.69 Å². The fourth-order valence-electron chi connectivity index (χ4n) is 1.76. The zero-order valence-corrected chi connectivity index (χ0v) is 11.9. The van der Waals surface area contributed by atoms with Gasteiger partial charge in [0, 0.05) is 24.3 Å². The van der Waals surface area contributed by atoms with Gasteiger partial charge in [0.25, 0.3) is 11.6 Å². The number of carboxylic acids is 1. The number of benzene rings is 1. The van der Waals surface area contributed by atoms with Crippen LogP contribution in [-0.2, 0) is 9.53 Å². The molecule has 0 saturated heterocycles. The number of nitro benzene ring substituents is 1. The number of carbonyl (C=O) groups excluding carboxylic acids is 1. The minimum absolute atomic E-state index is 0.107. The number of aliphatic carboxylic acids is 1. The molecule has 8 heteroatoms. The Kier molecular flexibility index (Phi) is 4.98. The van der Waals surface area contributed by atoms with Gasteiger partial charge in [-0.25, -0.2) is 4.79 Å². The van der Waals surface area contributed by atoms with E-state index in [0.717, 1.165) is 0 Å². The van der Waals surface area contributed by atoms with Crippen molar-refractivity contribution in [3.8, 4) is 0 Å². The van der Waals surface area contributed by atoms with Crippen molar-refractivity contribution in [2.45, 2.75) is 19.4 Å². The van der Waals surface area contributed by atoms with Crippen molar-refractivity contribution in [1.29, 1.82) is 0 Å². The van der Waals surface area contributed by atoms with Crippen molar-refractivity contribution in [1.82, 2.24) is 5.32 Å². The Morgan fingerprint density at radius 1 is 1.48 bits per heavy atom. The lowest BCUT2D eigenvalue weighted by atomic mass is 10.0. The van der Waals surface area contributed by atoms with Crippen LogP contribution in [0.3, 0.4) is 0 Å². The third kappa shape index (κ3) is 3.76. The molecule has 1 amide bonds. The summed E-state index contributed by atoms with van der Waals surface area (Å²) in [5.41, 5.74) is -1.23. The molecule has 1 unspecified atom stereocenters. The summed E-state index contributed by atoms with van der Waals surface area (Å²) in [5.74, 6) is -1.88. The summed E-state index contributed by atoms with van der Waals surface area (Å²) in [7, 11) is 1.32. The van der Waals surface area contributed by atoms with Gasteiger partial charge in [-0.2, -0.15) is 0 Å². The lowest BCUT2D eigenvalue weighted by molar-refractivity contribution is -0.385. The normalized spacial score (nSPS) is 13.3. The molecule has 21 heavy (non-hydrogen) atoms. The zero-order chi connectivity index (χ0) is 16.2. The van der Waals surface area contributed by atoms with E-state index in [1.54, 1.807) is 0 Å². The molecule has 0 fully saturated rings. The number of hydrogen-bond acceptors (Lipinski definition) is 5. The van der Waals surface area contributed by atoms with Crippen molar-refractivity contribution in [2.75, 3.05) is 13.7 Å². The monoisotopic (exact) mass is 296 g/mol. The number of aryl methyl sites for hydroxylation is 1. The molecule has 114 valence electrons. The average Bonchev–Trinajstić information content (AvgIpc) is 2.38. The summed E-state index contributed by atoms with van der Waals surface area (Å²) in [6.07, 6.45) is 0. The third-order valence-corrected chi connectivity index (χ3v) is 2.95. The molecule has 1 atom stereocenters. The number of carbonyl (C=O) groups is 2. The van der Waals surface area contributed by atoms with Crippen LogP contribution >= 0.6 is 0 Å². The van der Waals surface area contributed by atoms with Gasteiger partial charge in [-0.3, -0.25) is 14.9 Å². The highest BCUT2D eigenvalue weighted by Gasteiger charge is 2.35. The number of rotatable bonds is 6. The van der Waals surface area contributed by atoms with Gasteiger partial charge >= 0.3 is 5.97 Å². The first-order chi connectivity index (χ1) is 9.71. The van der Waals surface area contributed by atoms with Crippen LogP contribution in [-0.4, -0.2) is 41.2 Å². The summed E-state index contributed by atoms with van der Waals surface area (Å²) in [4.78, 5) is 33.4. The molecule has 1 aromatic rings. The first kappa shape index (κ1) is 16.6. The Bertz CT molecular complexity index is 586. The van der Waals surface area contributed by atoms with Crippen LogP contribution in [0.15, 0.2) is 18.2 Å². The van der Waals surface area contributed by atoms with Crippen LogP contribution in [0, 0.1) is 17.0 Å². The molecule has 1 rings (SSSR count). The second kappa shape index (κ2) is 6.31. The van der Waals surface area contributed by atoms with E-state index in [1.165, 1.54) is 39.2 Å². The van der Waals surface area contributed by atoms with Crippen molar-refractivity contribution < 1.29 is 24.4 Å². The van der Waals surface area contributed by atoms with Gasteiger partial charge in [0.15, 0.2) is 5.54 Å². The van der Waals surface area contributed by atoms with E-state index >= 15 is 0 Å². The van der Waals surface area contributed by atoms with Crippen LogP contribution in [0.1, 0.15) is 22.8 Å². The molecule has 0 spiro atoms. The molecule has 0 radical (unpaired) electrons. The number of nitrogens with zero attached hydrogens (tertiary/aromatic N) is 1. The van der Waals surface area contributed by atoms with Gasteiger partial charge in [0.2, 0.25) is 0 Å². The summed E-state index contributed by atoms with van der Waals surface area (Å²) in [5, 5.41) is 22.2. The van der Waals surface area contributed by atoms with E-state index in [2.05, 4.69) is 5.32 Å². The quantitative estimate of drug-likeness (QED) is 0.599. The first-order valence-electron chi connectivity index (χ1n) is 6.01. The predicted octanol–water partition coefficient (Wildman–Crippen LogP) is 1.12. The topological polar surface area (TPSA) is 119 Å². The van der Waals surface area contributed by atoms with E-state index in [9.17, 15) is 19.7 Å². The molecular formula is C13H16N2O6. The SMILES string of the molecule is COCC(C)(NC(=O)c1ccc([N+](=O)[O-])c(C)c1)C(=O)O. The molecule has 2 N–H and O–H groups in total. The molecular weight excluding hydrogens is 280 g/mol. The van der Waals surface area contributed by atoms with Crippen LogP contribution in [0.2, 0.25) is 0 Å². The maximum atomic E-state index is 12.1. The van der Waals surface area contributed by atoms with Crippen LogP contribution in [0.5, 0.6) is 0 Å². The molecule has 0 bridgehead atoms. The molecule has 0 aliphatic carbocycles. The van der Waals surface area contributed by atoms with Crippen LogP contribution < -0.4 is 5.32 Å². The first-order valence-corrected chi connectivity index (χ1v) is 6.01. The second-order valence-corrected chi connectivity index (χ2v) is 4.78. The van der Waals surface area contributed by atoms with E-state index in [4.69, 9.17) is 9.84 Å². The molecule has 0 heterocycles. The molecule has 0 aromatic heterocycles. The smallest absolute Gasteiger partial charge is 0.331 e. The second-order valence-electron chi connectivity index (χ2n) is 4.78. The molecule has 8 nitrogen and oxygen atoms in total. The number of nitrogens with one attached hydrogen (secondary N) is 1. The number of amides is 1. The maximum absolute atomic E-state index is 12.1. The predicted molar refractivity (Wildman–Crippen MR) is 73.2 cm³/mol. The molecule has 0 saturated carbocycles. The summed E-state index contributed by atoms with van der Waals surface area (Å²) < 4.78 is 4.79. The Hall–Kier alpha value is -2.48. The van der Waals surface area contributed by atoms with E-state index in [-0.39, 0.29) is 17.9 Å². The zero-order valence-electron chi connectivity index (χ0n) is 11.9. The molecule has 0 aliphatic rings.